The molecule has 8 aromatic rings. The summed E-state index contributed by atoms with van der Waals surface area (Å²) in [4.78, 5) is 2.58. The number of allylic oxidation sites excluding steroid dienone is 3. The first-order chi connectivity index (χ1) is 25.3. The summed E-state index contributed by atoms with van der Waals surface area (Å²) in [5.41, 5.74) is 17.1. The highest BCUT2D eigenvalue weighted by atomic mass is 16.3. The molecule has 12 rings (SSSR count). The maximum absolute atomic E-state index is 6.49. The zero-order valence-corrected chi connectivity index (χ0v) is 28.3. The maximum Gasteiger partial charge on any atom is 0.139 e. The molecule has 0 radical (unpaired) electrons. The number of hydrogen-bond acceptors (Lipinski definition) is 2. The summed E-state index contributed by atoms with van der Waals surface area (Å²) < 4.78 is 9.08. The van der Waals surface area contributed by atoms with Gasteiger partial charge in [0.05, 0.1) is 11.6 Å². The molecule has 0 amide bonds. The molecular formula is C48H36N2O. The van der Waals surface area contributed by atoms with Crippen LogP contribution in [-0.4, -0.2) is 10.4 Å². The van der Waals surface area contributed by atoms with E-state index in [1.165, 1.54) is 83.2 Å². The molecule has 0 saturated heterocycles. The first-order valence-electron chi connectivity index (χ1n) is 18.7. The van der Waals surface area contributed by atoms with Crippen LogP contribution in [0, 0.1) is 0 Å². The van der Waals surface area contributed by atoms with Crippen molar-refractivity contribution in [2.45, 2.75) is 50.0 Å². The molecule has 51 heavy (non-hydrogen) atoms. The van der Waals surface area contributed by atoms with E-state index in [0.29, 0.717) is 11.8 Å². The Morgan fingerprint density at radius 3 is 2.41 bits per heavy atom. The summed E-state index contributed by atoms with van der Waals surface area (Å²) in [5, 5.41) is 5.24. The second-order valence-electron chi connectivity index (χ2n) is 15.0. The summed E-state index contributed by atoms with van der Waals surface area (Å²) in [5.74, 6) is 0.695. The van der Waals surface area contributed by atoms with Gasteiger partial charge in [-0.1, -0.05) is 97.1 Å². The highest BCUT2D eigenvalue weighted by molar-refractivity contribution is 6.09. The number of nitrogens with zero attached hydrogens (tertiary/aromatic N) is 2. The van der Waals surface area contributed by atoms with Crippen LogP contribution < -0.4 is 4.90 Å². The standard InChI is InChI=1S/C48H36N2O/c1-5-16-42-34(10-1)39-26-30(33-14-9-15-38-37-13-4-8-19-46(37)51-48(33)38)22-25-45(39)49(42)32-23-20-29(21-24-32)31-27-40-35-11-2-6-17-43(35)50-44-18-7-3-12-36(44)41(28-31)47(40)50/h1-2,4-5,7-11,13-16,18-25,27-28,30,39,45H,3,6,12,17,26H2. The lowest BCUT2D eigenvalue weighted by molar-refractivity contribution is 0.530. The van der Waals surface area contributed by atoms with Crippen LogP contribution in [0.15, 0.2) is 132 Å². The molecule has 0 N–H and O–H groups in total. The van der Waals surface area contributed by atoms with Gasteiger partial charge in [-0.2, -0.15) is 0 Å². The fourth-order valence-corrected chi connectivity index (χ4v) is 10.2. The van der Waals surface area contributed by atoms with Gasteiger partial charge in [0.2, 0.25) is 0 Å². The largest absolute Gasteiger partial charge is 0.456 e. The van der Waals surface area contributed by atoms with Crippen molar-refractivity contribution in [3.63, 3.8) is 0 Å². The third kappa shape index (κ3) is 3.84. The molecule has 3 nitrogen and oxygen atoms in total. The molecule has 3 aliphatic carbocycles. The zero-order valence-electron chi connectivity index (χ0n) is 28.3. The smallest absolute Gasteiger partial charge is 0.139 e. The van der Waals surface area contributed by atoms with E-state index in [-0.39, 0.29) is 6.04 Å². The summed E-state index contributed by atoms with van der Waals surface area (Å²) in [6, 6.07) is 38.7. The van der Waals surface area contributed by atoms with Crippen LogP contribution in [0.1, 0.15) is 64.7 Å². The molecule has 0 fully saturated rings. The van der Waals surface area contributed by atoms with Crippen molar-refractivity contribution in [1.29, 1.82) is 0 Å². The SMILES string of the molecule is C1=Cc2c(c3cc(-c4ccc(N5c6ccccc6C6CC(c7cccc8c7oc7ccccc78)C=CC65)cc4)cc4c5c(n2c43)CCC=C5)CC1. The highest BCUT2D eigenvalue weighted by Crippen LogP contribution is 2.53. The summed E-state index contributed by atoms with van der Waals surface area (Å²) >= 11 is 0. The Morgan fingerprint density at radius 1 is 0.647 bits per heavy atom. The number of rotatable bonds is 3. The van der Waals surface area contributed by atoms with Crippen LogP contribution in [0.4, 0.5) is 11.4 Å². The average molecular weight is 657 g/mol. The van der Waals surface area contributed by atoms with Gasteiger partial charge in [0, 0.05) is 67.3 Å². The highest BCUT2D eigenvalue weighted by Gasteiger charge is 2.41. The van der Waals surface area contributed by atoms with E-state index in [2.05, 4.69) is 149 Å². The van der Waals surface area contributed by atoms with Gasteiger partial charge in [-0.25, -0.2) is 0 Å². The Hall–Kier alpha value is -5.80. The summed E-state index contributed by atoms with van der Waals surface area (Å²) in [7, 11) is 0. The molecule has 0 spiro atoms. The second kappa shape index (κ2) is 10.4. The molecular weight excluding hydrogens is 621 g/mol. The van der Waals surface area contributed by atoms with Gasteiger partial charge in [-0.3, -0.25) is 0 Å². The number of fused-ring (bicyclic) bond motifs is 12. The van der Waals surface area contributed by atoms with Crippen LogP contribution in [0.25, 0.3) is 61.5 Å². The molecule has 5 aromatic carbocycles. The Morgan fingerprint density at radius 2 is 1.45 bits per heavy atom. The minimum absolute atomic E-state index is 0.277. The van der Waals surface area contributed by atoms with E-state index < -0.39 is 0 Å². The number of aromatic nitrogens is 1. The summed E-state index contributed by atoms with van der Waals surface area (Å²) in [6.45, 7) is 0. The van der Waals surface area contributed by atoms with E-state index in [1.54, 1.807) is 0 Å². The predicted octanol–water partition coefficient (Wildman–Crippen LogP) is 12.4. The van der Waals surface area contributed by atoms with Crippen molar-refractivity contribution < 1.29 is 4.42 Å². The van der Waals surface area contributed by atoms with Crippen molar-refractivity contribution >= 4 is 61.8 Å². The number of aryl methyl sites for hydroxylation is 2. The molecule has 3 heteroatoms. The lowest BCUT2D eigenvalue weighted by Gasteiger charge is -2.33. The molecule has 0 bridgehead atoms. The van der Waals surface area contributed by atoms with Gasteiger partial charge in [0.15, 0.2) is 0 Å². The van der Waals surface area contributed by atoms with Crippen molar-refractivity contribution in [2.24, 2.45) is 0 Å². The van der Waals surface area contributed by atoms with Gasteiger partial charge >= 0.3 is 0 Å². The maximum atomic E-state index is 6.49. The third-order valence-electron chi connectivity index (χ3n) is 12.4. The Balaban J connectivity index is 0.931. The van der Waals surface area contributed by atoms with E-state index in [9.17, 15) is 0 Å². The fraction of sp³-hybridized carbons (Fsp3) is 0.167. The molecule has 1 aliphatic heterocycles. The normalized spacial score (nSPS) is 20.5. The van der Waals surface area contributed by atoms with Gasteiger partial charge in [-0.05, 0) is 96.8 Å². The monoisotopic (exact) mass is 656 g/mol. The predicted molar refractivity (Wildman–Crippen MR) is 212 cm³/mol. The Labute approximate surface area is 296 Å². The fourth-order valence-electron chi connectivity index (χ4n) is 10.2. The molecule has 4 heterocycles. The summed E-state index contributed by atoms with van der Waals surface area (Å²) in [6.07, 6.45) is 19.9. The number of furan rings is 1. The average Bonchev–Trinajstić information content (AvgIpc) is 3.93. The van der Waals surface area contributed by atoms with Crippen LogP contribution >= 0.6 is 0 Å². The topological polar surface area (TPSA) is 20.8 Å². The van der Waals surface area contributed by atoms with E-state index in [0.717, 1.165) is 43.3 Å². The van der Waals surface area contributed by atoms with Crippen LogP contribution in [0.3, 0.4) is 0 Å². The van der Waals surface area contributed by atoms with E-state index in [1.807, 2.05) is 0 Å². The Kier molecular flexibility index (Phi) is 5.68. The molecule has 4 aliphatic rings. The Bertz CT molecular complexity index is 2810. The van der Waals surface area contributed by atoms with Crippen LogP contribution in [0.2, 0.25) is 0 Å². The van der Waals surface area contributed by atoms with Crippen molar-refractivity contribution in [3.8, 4) is 11.1 Å². The van der Waals surface area contributed by atoms with E-state index >= 15 is 0 Å². The number of anilines is 2. The van der Waals surface area contributed by atoms with Gasteiger partial charge in [-0.15, -0.1) is 0 Å². The van der Waals surface area contributed by atoms with Crippen molar-refractivity contribution in [3.05, 3.63) is 161 Å². The van der Waals surface area contributed by atoms with Crippen LogP contribution in [-0.2, 0) is 12.8 Å². The lowest BCUT2D eigenvalue weighted by atomic mass is 9.78. The lowest BCUT2D eigenvalue weighted by Crippen LogP contribution is -2.31. The van der Waals surface area contributed by atoms with Gasteiger partial charge in [0.25, 0.3) is 0 Å². The molecule has 0 saturated carbocycles. The second-order valence-corrected chi connectivity index (χ2v) is 15.0. The molecule has 3 unspecified atom stereocenters. The molecule has 3 aromatic heterocycles. The third-order valence-corrected chi connectivity index (χ3v) is 12.4. The van der Waals surface area contributed by atoms with Crippen LogP contribution in [0.5, 0.6) is 0 Å². The quantitative estimate of drug-likeness (QED) is 0.176. The minimum Gasteiger partial charge on any atom is -0.456 e. The zero-order chi connectivity index (χ0) is 33.2. The van der Waals surface area contributed by atoms with E-state index in [4.69, 9.17) is 4.42 Å². The van der Waals surface area contributed by atoms with Gasteiger partial charge in [0.1, 0.15) is 11.2 Å². The number of benzene rings is 5. The first-order valence-corrected chi connectivity index (χ1v) is 18.7. The molecule has 244 valence electrons. The number of hydrogen-bond donors (Lipinski definition) is 0. The minimum atomic E-state index is 0.277. The molecule has 3 atom stereocenters. The van der Waals surface area contributed by atoms with Gasteiger partial charge < -0.3 is 13.7 Å². The van der Waals surface area contributed by atoms with Crippen molar-refractivity contribution in [1.82, 2.24) is 4.40 Å². The number of para-hydroxylation sites is 3. The van der Waals surface area contributed by atoms with Crippen molar-refractivity contribution in [2.75, 3.05) is 4.90 Å². The first kappa shape index (κ1) is 28.0.